The van der Waals surface area contributed by atoms with Crippen LogP contribution >= 0.6 is 0 Å². The molecule has 0 saturated heterocycles. The Balaban J connectivity index is 2.99. The quantitative estimate of drug-likeness (QED) is 0.538. The van der Waals surface area contributed by atoms with Gasteiger partial charge < -0.3 is 20.5 Å². The highest BCUT2D eigenvalue weighted by Crippen LogP contribution is 2.16. The number of benzene rings is 1. The zero-order chi connectivity index (χ0) is 20.4. The average molecular weight is 378 g/mol. The summed E-state index contributed by atoms with van der Waals surface area (Å²) in [6.07, 6.45) is 1.12. The zero-order valence-corrected chi connectivity index (χ0v) is 16.4. The third-order valence-corrected chi connectivity index (χ3v) is 4.21. The van der Waals surface area contributed by atoms with Gasteiger partial charge in [-0.25, -0.2) is 9.69 Å². The molecule has 1 aromatic carbocycles. The second-order valence-corrected chi connectivity index (χ2v) is 7.11. The number of carbonyl (C=O) groups excluding carboxylic acids is 2. The molecule has 1 aromatic rings. The highest BCUT2D eigenvalue weighted by molar-refractivity contribution is 6.44. The number of nitrogens with two attached hydrogens (primary N) is 1. The van der Waals surface area contributed by atoms with Crippen molar-refractivity contribution in [3.63, 3.8) is 0 Å². The number of nitrogens with zero attached hydrogens (tertiary/aromatic N) is 1. The first-order valence-electron chi connectivity index (χ1n) is 9.43. The van der Waals surface area contributed by atoms with Gasteiger partial charge in [-0.15, -0.1) is 0 Å². The molecule has 8 heteroatoms. The molecule has 27 heavy (non-hydrogen) atoms. The largest absolute Gasteiger partial charge is 0.476 e. The number of unbranched alkanes of at least 4 members (excludes halogenated alkanes) is 1. The topological polar surface area (TPSA) is 113 Å². The molecule has 4 N–H and O–H groups in total. The molecule has 0 radical (unpaired) electrons. The molecular formula is C19H31BN2O5. The second kappa shape index (κ2) is 11.7. The normalized spacial score (nSPS) is 13.1. The van der Waals surface area contributed by atoms with E-state index in [1.54, 1.807) is 12.1 Å². The lowest BCUT2D eigenvalue weighted by atomic mass is 9.75. The molecule has 2 atom stereocenters. The molecule has 150 valence electrons. The first-order valence-corrected chi connectivity index (χ1v) is 9.43. The first-order chi connectivity index (χ1) is 12.8. The van der Waals surface area contributed by atoms with Crippen molar-refractivity contribution in [3.8, 4) is 0 Å². The Labute approximate surface area is 161 Å². The van der Waals surface area contributed by atoms with Crippen molar-refractivity contribution in [2.45, 2.75) is 65.0 Å². The van der Waals surface area contributed by atoms with E-state index >= 15 is 0 Å². The summed E-state index contributed by atoms with van der Waals surface area (Å²) in [5.41, 5.74) is 6.73. The van der Waals surface area contributed by atoms with E-state index in [4.69, 9.17) is 10.5 Å². The molecule has 0 heterocycles. The molecule has 1 rings (SSSR count). The van der Waals surface area contributed by atoms with E-state index < -0.39 is 31.1 Å². The predicted octanol–water partition coefficient (Wildman–Crippen LogP) is 2.10. The van der Waals surface area contributed by atoms with Crippen molar-refractivity contribution in [1.29, 1.82) is 0 Å². The van der Waals surface area contributed by atoms with Crippen molar-refractivity contribution >= 4 is 19.1 Å². The summed E-state index contributed by atoms with van der Waals surface area (Å²) in [5.74, 6) is -1.60. The molecule has 0 aliphatic rings. The first kappa shape index (κ1) is 23.1. The Hall–Kier alpha value is -1.90. The molecule has 7 nitrogen and oxygen atoms in total. The maximum atomic E-state index is 12.8. The number of hydrogen-bond donors (Lipinski definition) is 3. The second-order valence-electron chi connectivity index (χ2n) is 7.11. The fraction of sp³-hybridized carbons (Fsp3) is 0.579. The van der Waals surface area contributed by atoms with E-state index in [9.17, 15) is 19.6 Å². The van der Waals surface area contributed by atoms with Gasteiger partial charge >= 0.3 is 13.2 Å². The van der Waals surface area contributed by atoms with Crippen LogP contribution in [0.15, 0.2) is 30.3 Å². The van der Waals surface area contributed by atoms with Gasteiger partial charge in [0.05, 0.1) is 12.0 Å². The number of carbonyl (C=O) groups is 2. The van der Waals surface area contributed by atoms with Crippen LogP contribution in [-0.2, 0) is 16.1 Å². The summed E-state index contributed by atoms with van der Waals surface area (Å²) in [5, 5.41) is 19.5. The van der Waals surface area contributed by atoms with E-state index in [1.165, 1.54) is 0 Å². The van der Waals surface area contributed by atoms with Gasteiger partial charge in [0, 0.05) is 0 Å². The molecular weight excluding hydrogens is 347 g/mol. The Morgan fingerprint density at radius 1 is 1.22 bits per heavy atom. The molecule has 0 fully saturated rings. The van der Waals surface area contributed by atoms with Crippen LogP contribution in [0.1, 0.15) is 52.0 Å². The van der Waals surface area contributed by atoms with Gasteiger partial charge in [-0.1, -0.05) is 63.9 Å². The van der Waals surface area contributed by atoms with E-state index in [0.717, 1.165) is 16.9 Å². The minimum Gasteiger partial charge on any atom is -0.444 e. The highest BCUT2D eigenvalue weighted by Gasteiger charge is 2.40. The summed E-state index contributed by atoms with van der Waals surface area (Å²) in [6, 6.07) is 8.13. The van der Waals surface area contributed by atoms with E-state index in [1.807, 2.05) is 39.0 Å². The van der Waals surface area contributed by atoms with Gasteiger partial charge in [0.1, 0.15) is 6.61 Å². The summed E-state index contributed by atoms with van der Waals surface area (Å²) in [7, 11) is -1.86. The summed E-state index contributed by atoms with van der Waals surface area (Å²) < 4.78 is 5.27. The van der Waals surface area contributed by atoms with Gasteiger partial charge in [0.25, 0.3) is 0 Å². The van der Waals surface area contributed by atoms with Gasteiger partial charge in [-0.05, 0) is 24.3 Å². The molecule has 0 aromatic heterocycles. The van der Waals surface area contributed by atoms with Crippen LogP contribution in [0.5, 0.6) is 0 Å². The van der Waals surface area contributed by atoms with Crippen LogP contribution in [0.2, 0.25) is 0 Å². The Morgan fingerprint density at radius 3 is 2.37 bits per heavy atom. The number of amides is 2. The number of hydrogen-bond acceptors (Lipinski definition) is 6. The Kier molecular flexibility index (Phi) is 10.1. The standard InChI is InChI=1S/C19H31BN2O5/c1-4-5-11-17(20(25)26)22(18(23)16(21)12-14(2)3)19(24)27-13-15-9-7-6-8-10-15/h6-10,14,16-17,25-26H,4-5,11-13,21H2,1-3H3/t16-,17-/m0/s1. The van der Waals surface area contributed by atoms with Crippen LogP contribution in [0.4, 0.5) is 4.79 Å². The molecule has 0 unspecified atom stereocenters. The molecule has 0 bridgehead atoms. The van der Waals surface area contributed by atoms with Gasteiger partial charge in [-0.2, -0.15) is 0 Å². The fourth-order valence-electron chi connectivity index (χ4n) is 2.79. The van der Waals surface area contributed by atoms with Gasteiger partial charge in [-0.3, -0.25) is 4.79 Å². The van der Waals surface area contributed by atoms with Crippen LogP contribution in [0.3, 0.4) is 0 Å². The minimum atomic E-state index is -1.86. The van der Waals surface area contributed by atoms with Crippen molar-refractivity contribution < 1.29 is 24.4 Å². The lowest BCUT2D eigenvalue weighted by Crippen LogP contribution is -2.57. The maximum Gasteiger partial charge on any atom is 0.476 e. The number of rotatable bonds is 10. The zero-order valence-electron chi connectivity index (χ0n) is 16.4. The lowest BCUT2D eigenvalue weighted by molar-refractivity contribution is -0.132. The van der Waals surface area contributed by atoms with Crippen molar-refractivity contribution in [1.82, 2.24) is 4.90 Å². The third-order valence-electron chi connectivity index (χ3n) is 4.21. The Morgan fingerprint density at radius 2 is 1.85 bits per heavy atom. The molecule has 0 aliphatic heterocycles. The van der Waals surface area contributed by atoms with Crippen molar-refractivity contribution in [2.24, 2.45) is 11.7 Å². The summed E-state index contributed by atoms with van der Waals surface area (Å²) >= 11 is 0. The molecule has 0 spiro atoms. The van der Waals surface area contributed by atoms with E-state index in [0.29, 0.717) is 12.8 Å². The van der Waals surface area contributed by atoms with Crippen LogP contribution in [-0.4, -0.2) is 46.0 Å². The van der Waals surface area contributed by atoms with E-state index in [-0.39, 0.29) is 18.9 Å². The van der Waals surface area contributed by atoms with Crippen LogP contribution in [0.25, 0.3) is 0 Å². The number of ether oxygens (including phenoxy) is 1. The lowest BCUT2D eigenvalue weighted by Gasteiger charge is -2.31. The van der Waals surface area contributed by atoms with Gasteiger partial charge in [0.2, 0.25) is 5.91 Å². The minimum absolute atomic E-state index is 0.0229. The summed E-state index contributed by atoms with van der Waals surface area (Å²) in [6.45, 7) is 5.75. The third kappa shape index (κ3) is 7.70. The average Bonchev–Trinajstić information content (AvgIpc) is 2.62. The van der Waals surface area contributed by atoms with Crippen LogP contribution in [0, 0.1) is 5.92 Å². The number of imide groups is 1. The van der Waals surface area contributed by atoms with Crippen LogP contribution < -0.4 is 5.73 Å². The molecule has 0 saturated carbocycles. The maximum absolute atomic E-state index is 12.8. The fourth-order valence-corrected chi connectivity index (χ4v) is 2.79. The molecule has 2 amide bonds. The SMILES string of the molecule is CCCC[C@@H](B(O)O)N(C(=O)OCc1ccccc1)C(=O)[C@@H](N)CC(C)C. The summed E-state index contributed by atoms with van der Waals surface area (Å²) in [4.78, 5) is 26.3. The predicted molar refractivity (Wildman–Crippen MR) is 104 cm³/mol. The molecule has 0 aliphatic carbocycles. The van der Waals surface area contributed by atoms with Crippen molar-refractivity contribution in [3.05, 3.63) is 35.9 Å². The van der Waals surface area contributed by atoms with Gasteiger partial charge in [0.15, 0.2) is 0 Å². The monoisotopic (exact) mass is 378 g/mol. The van der Waals surface area contributed by atoms with Crippen molar-refractivity contribution in [2.75, 3.05) is 0 Å². The smallest absolute Gasteiger partial charge is 0.444 e. The van der Waals surface area contributed by atoms with E-state index in [2.05, 4.69) is 0 Å². The Bertz CT molecular complexity index is 583. The highest BCUT2D eigenvalue weighted by atomic mass is 16.6.